The van der Waals surface area contributed by atoms with Crippen molar-refractivity contribution in [3.05, 3.63) is 77.2 Å². The smallest absolute Gasteiger partial charge is 0.259 e. The predicted octanol–water partition coefficient (Wildman–Crippen LogP) is 4.22. The molecule has 9 nitrogen and oxygen atoms in total. The van der Waals surface area contributed by atoms with Crippen molar-refractivity contribution in [1.82, 2.24) is 10.2 Å². The Balaban J connectivity index is 1.29. The van der Waals surface area contributed by atoms with Gasteiger partial charge < -0.3 is 29.8 Å². The number of nitrogens with one attached hydrogen (secondary N) is 2. The van der Waals surface area contributed by atoms with Crippen molar-refractivity contribution in [3.8, 4) is 0 Å². The topological polar surface area (TPSA) is 98.1 Å². The first-order chi connectivity index (χ1) is 19.4. The van der Waals surface area contributed by atoms with E-state index in [2.05, 4.69) is 51.6 Å². The summed E-state index contributed by atoms with van der Waals surface area (Å²) < 4.78 is 5.33. The van der Waals surface area contributed by atoms with E-state index in [1.54, 1.807) is 25.1 Å². The fourth-order valence-corrected chi connectivity index (χ4v) is 5.48. The Kier molecular flexibility index (Phi) is 8.38. The van der Waals surface area contributed by atoms with Crippen LogP contribution in [0.15, 0.2) is 59.2 Å². The first kappa shape index (κ1) is 27.3. The zero-order valence-corrected chi connectivity index (χ0v) is 23.2. The number of amides is 3. The molecule has 2 aliphatic rings. The number of carbonyl (C=O) groups excluding carboxylic acids is 3. The summed E-state index contributed by atoms with van der Waals surface area (Å²) in [6, 6.07) is 15.5. The molecule has 210 valence electrons. The molecular weight excluding hydrogens is 506 g/mol. The molecule has 0 bridgehead atoms. The second kappa shape index (κ2) is 12.3. The van der Waals surface area contributed by atoms with E-state index >= 15 is 0 Å². The molecule has 5 rings (SSSR count). The van der Waals surface area contributed by atoms with E-state index in [0.717, 1.165) is 44.8 Å². The van der Waals surface area contributed by atoms with Crippen molar-refractivity contribution in [2.75, 3.05) is 60.9 Å². The number of nitrogens with zero attached hydrogens (tertiary/aromatic N) is 3. The van der Waals surface area contributed by atoms with Crippen molar-refractivity contribution < 1.29 is 18.8 Å². The lowest BCUT2D eigenvalue weighted by molar-refractivity contribution is -0.127. The molecule has 0 aliphatic carbocycles. The van der Waals surface area contributed by atoms with Crippen molar-refractivity contribution >= 4 is 34.8 Å². The first-order valence-electron chi connectivity index (χ1n) is 14.0. The van der Waals surface area contributed by atoms with Gasteiger partial charge in [0, 0.05) is 63.5 Å². The van der Waals surface area contributed by atoms with Crippen LogP contribution in [-0.2, 0) is 4.79 Å². The van der Waals surface area contributed by atoms with Gasteiger partial charge in [-0.2, -0.15) is 0 Å². The zero-order valence-electron chi connectivity index (χ0n) is 23.2. The van der Waals surface area contributed by atoms with Crippen LogP contribution in [0, 0.1) is 13.8 Å². The van der Waals surface area contributed by atoms with Crippen LogP contribution in [0.2, 0.25) is 0 Å². The Morgan fingerprint density at radius 1 is 0.900 bits per heavy atom. The third kappa shape index (κ3) is 6.14. The maximum atomic E-state index is 13.1. The summed E-state index contributed by atoms with van der Waals surface area (Å²) in [5.74, 6) is 0.240. The van der Waals surface area contributed by atoms with Crippen molar-refractivity contribution in [3.63, 3.8) is 0 Å². The highest BCUT2D eigenvalue weighted by atomic mass is 16.3. The lowest BCUT2D eigenvalue weighted by Crippen LogP contribution is -2.47. The molecule has 1 aromatic heterocycles. The number of benzene rings is 2. The monoisotopic (exact) mass is 543 g/mol. The highest BCUT2D eigenvalue weighted by molar-refractivity contribution is 6.07. The molecule has 0 spiro atoms. The van der Waals surface area contributed by atoms with E-state index in [9.17, 15) is 14.4 Å². The summed E-state index contributed by atoms with van der Waals surface area (Å²) in [4.78, 5) is 44.4. The highest BCUT2D eigenvalue weighted by Crippen LogP contribution is 2.31. The quantitative estimate of drug-likeness (QED) is 0.392. The molecule has 2 aromatic carbocycles. The maximum Gasteiger partial charge on any atom is 0.259 e. The average Bonchev–Trinajstić information content (AvgIpc) is 3.58. The third-order valence-corrected chi connectivity index (χ3v) is 7.75. The number of furan rings is 1. The van der Waals surface area contributed by atoms with Gasteiger partial charge in [0.2, 0.25) is 5.91 Å². The summed E-state index contributed by atoms with van der Waals surface area (Å²) in [7, 11) is 0. The van der Waals surface area contributed by atoms with Crippen LogP contribution in [-0.4, -0.2) is 68.4 Å². The van der Waals surface area contributed by atoms with Crippen molar-refractivity contribution in [2.24, 2.45) is 0 Å². The van der Waals surface area contributed by atoms with Gasteiger partial charge in [0.15, 0.2) is 0 Å². The van der Waals surface area contributed by atoms with Gasteiger partial charge in [0.05, 0.1) is 23.2 Å². The summed E-state index contributed by atoms with van der Waals surface area (Å²) in [5.41, 5.74) is 4.89. The fraction of sp³-hybridized carbons (Fsp3) is 0.387. The van der Waals surface area contributed by atoms with Crippen LogP contribution in [0.5, 0.6) is 0 Å². The van der Waals surface area contributed by atoms with Crippen LogP contribution in [0.1, 0.15) is 51.3 Å². The lowest BCUT2D eigenvalue weighted by atomic mass is 10.1. The van der Waals surface area contributed by atoms with Crippen LogP contribution < -0.4 is 20.4 Å². The van der Waals surface area contributed by atoms with E-state index < -0.39 is 0 Å². The number of anilines is 3. The minimum absolute atomic E-state index is 0.190. The van der Waals surface area contributed by atoms with E-state index in [1.165, 1.54) is 17.5 Å². The van der Waals surface area contributed by atoms with Gasteiger partial charge in [0.1, 0.15) is 5.76 Å². The molecule has 0 unspecified atom stereocenters. The summed E-state index contributed by atoms with van der Waals surface area (Å²) in [6.07, 6.45) is 3.72. The SMILES string of the molecule is Cc1ccccc1N1CCN(c2ccc(C(=O)NCCCN3CCCC3=O)cc2NC(=O)c2ccoc2C)CC1. The molecule has 3 aromatic rings. The minimum atomic E-state index is -0.279. The lowest BCUT2D eigenvalue weighted by Gasteiger charge is -2.38. The molecule has 2 saturated heterocycles. The van der Waals surface area contributed by atoms with Gasteiger partial charge in [-0.05, 0) is 62.6 Å². The number of rotatable bonds is 9. The van der Waals surface area contributed by atoms with Crippen molar-refractivity contribution in [1.29, 1.82) is 0 Å². The van der Waals surface area contributed by atoms with Crippen LogP contribution in [0.3, 0.4) is 0 Å². The summed E-state index contributed by atoms with van der Waals surface area (Å²) in [5, 5.41) is 5.99. The third-order valence-electron chi connectivity index (χ3n) is 7.75. The molecule has 40 heavy (non-hydrogen) atoms. The van der Waals surface area contributed by atoms with E-state index in [0.29, 0.717) is 48.5 Å². The largest absolute Gasteiger partial charge is 0.469 e. The summed E-state index contributed by atoms with van der Waals surface area (Å²) in [6.45, 7) is 9.06. The summed E-state index contributed by atoms with van der Waals surface area (Å²) >= 11 is 0. The van der Waals surface area contributed by atoms with Crippen LogP contribution in [0.4, 0.5) is 17.1 Å². The van der Waals surface area contributed by atoms with Gasteiger partial charge in [-0.1, -0.05) is 18.2 Å². The molecule has 0 saturated carbocycles. The number of carbonyl (C=O) groups is 3. The maximum absolute atomic E-state index is 13.1. The Labute approximate surface area is 235 Å². The molecule has 3 amide bonds. The number of aryl methyl sites for hydroxylation is 2. The van der Waals surface area contributed by atoms with E-state index in [1.807, 2.05) is 11.0 Å². The van der Waals surface area contributed by atoms with Gasteiger partial charge >= 0.3 is 0 Å². The van der Waals surface area contributed by atoms with Gasteiger partial charge in [-0.25, -0.2) is 0 Å². The second-order valence-corrected chi connectivity index (χ2v) is 10.4. The number of para-hydroxylation sites is 1. The molecule has 2 aliphatic heterocycles. The average molecular weight is 544 g/mol. The standard InChI is InChI=1S/C31H37N5O4/c1-22-7-3-4-8-27(22)34-16-18-35(19-17-34)28-11-10-24(21-26(28)33-31(39)25-12-20-40-23(25)2)30(38)32-13-6-15-36-14-5-9-29(36)37/h3-4,7-8,10-12,20-21H,5-6,9,13-19H2,1-2H3,(H,32,38)(H,33,39). The molecule has 0 radical (unpaired) electrons. The number of piperazine rings is 1. The molecule has 3 heterocycles. The zero-order chi connectivity index (χ0) is 28.1. The van der Waals surface area contributed by atoms with Gasteiger partial charge in [0.25, 0.3) is 11.8 Å². The normalized spacial score (nSPS) is 15.4. The van der Waals surface area contributed by atoms with Gasteiger partial charge in [-0.15, -0.1) is 0 Å². The number of likely N-dealkylation sites (tertiary alicyclic amines) is 1. The molecule has 2 fully saturated rings. The molecular formula is C31H37N5O4. The Hall–Kier alpha value is -4.27. The number of hydrogen-bond acceptors (Lipinski definition) is 6. The van der Waals surface area contributed by atoms with E-state index in [-0.39, 0.29) is 17.7 Å². The Bertz CT molecular complexity index is 1380. The molecule has 2 N–H and O–H groups in total. The highest BCUT2D eigenvalue weighted by Gasteiger charge is 2.23. The second-order valence-electron chi connectivity index (χ2n) is 10.4. The van der Waals surface area contributed by atoms with Gasteiger partial charge in [-0.3, -0.25) is 14.4 Å². The molecule has 9 heteroatoms. The first-order valence-corrected chi connectivity index (χ1v) is 14.0. The Morgan fingerprint density at radius 2 is 1.65 bits per heavy atom. The van der Waals surface area contributed by atoms with Crippen LogP contribution >= 0.6 is 0 Å². The molecule has 0 atom stereocenters. The number of hydrogen-bond donors (Lipinski definition) is 2. The van der Waals surface area contributed by atoms with Crippen molar-refractivity contribution in [2.45, 2.75) is 33.1 Å². The minimum Gasteiger partial charge on any atom is -0.469 e. The van der Waals surface area contributed by atoms with E-state index in [4.69, 9.17) is 4.42 Å². The Morgan fingerprint density at radius 3 is 2.33 bits per heavy atom. The predicted molar refractivity (Wildman–Crippen MR) is 156 cm³/mol. The van der Waals surface area contributed by atoms with Crippen LogP contribution in [0.25, 0.3) is 0 Å². The fourth-order valence-electron chi connectivity index (χ4n) is 5.48.